The van der Waals surface area contributed by atoms with Crippen molar-refractivity contribution in [2.24, 2.45) is 11.5 Å². The van der Waals surface area contributed by atoms with Crippen molar-refractivity contribution in [3.8, 4) is 0 Å². The van der Waals surface area contributed by atoms with Gasteiger partial charge in [-0.2, -0.15) is 0 Å². The molecule has 0 aromatic rings. The molecule has 0 fully saturated rings. The minimum absolute atomic E-state index is 0.0174. The Hall–Kier alpha value is -0.920. The van der Waals surface area contributed by atoms with Crippen molar-refractivity contribution in [3.63, 3.8) is 0 Å². The summed E-state index contributed by atoms with van der Waals surface area (Å²) in [5, 5.41) is 0.308. The van der Waals surface area contributed by atoms with E-state index in [1.165, 1.54) is 0 Å². The monoisotopic (exact) mass is 376 g/mol. The van der Waals surface area contributed by atoms with E-state index in [0.29, 0.717) is 31.0 Å². The zero-order chi connectivity index (χ0) is 17.0. The first-order valence-corrected chi connectivity index (χ1v) is 8.61. The molecule has 0 aromatic carbocycles. The minimum Gasteiger partial charge on any atom is -0.316 e. The fourth-order valence-corrected chi connectivity index (χ4v) is 2.09. The number of rotatable bonds is 14. The Kier molecular flexibility index (Phi) is 12.1. The van der Waals surface area contributed by atoms with Gasteiger partial charge in [0, 0.05) is 44.9 Å². The third kappa shape index (κ3) is 12.8. The van der Waals surface area contributed by atoms with Gasteiger partial charge in [0.15, 0.2) is 0 Å². The van der Waals surface area contributed by atoms with E-state index in [9.17, 15) is 19.2 Å². The highest BCUT2D eigenvalue weighted by atomic mass is 79.9. The van der Waals surface area contributed by atoms with E-state index in [1.807, 2.05) is 0 Å². The summed E-state index contributed by atoms with van der Waals surface area (Å²) in [5.74, 6) is -0.0696. The summed E-state index contributed by atoms with van der Waals surface area (Å²) in [6, 6.07) is 0. The first-order valence-electron chi connectivity index (χ1n) is 7.49. The zero-order valence-electron chi connectivity index (χ0n) is 12.8. The van der Waals surface area contributed by atoms with E-state index in [1.54, 1.807) is 0 Å². The highest BCUT2D eigenvalue weighted by Crippen LogP contribution is 2.07. The van der Waals surface area contributed by atoms with E-state index in [-0.39, 0.29) is 55.2 Å². The van der Waals surface area contributed by atoms with E-state index in [2.05, 4.69) is 15.9 Å². The van der Waals surface area contributed by atoms with Crippen molar-refractivity contribution in [1.82, 2.24) is 0 Å². The molecule has 126 valence electrons. The molecule has 0 aromatic heterocycles. The van der Waals surface area contributed by atoms with Crippen LogP contribution in [0.3, 0.4) is 0 Å². The molecule has 0 unspecified atom stereocenters. The summed E-state index contributed by atoms with van der Waals surface area (Å²) in [6.45, 7) is 0. The largest absolute Gasteiger partial charge is 0.316 e. The Morgan fingerprint density at radius 1 is 0.682 bits per heavy atom. The van der Waals surface area contributed by atoms with Crippen LogP contribution >= 0.6 is 15.9 Å². The number of hydrogen-bond acceptors (Lipinski definition) is 6. The van der Waals surface area contributed by atoms with Crippen LogP contribution in [0.15, 0.2) is 0 Å². The molecule has 7 heteroatoms. The van der Waals surface area contributed by atoms with E-state index in [0.717, 1.165) is 0 Å². The molecule has 0 saturated heterocycles. The third-order valence-electron chi connectivity index (χ3n) is 3.18. The van der Waals surface area contributed by atoms with Crippen LogP contribution < -0.4 is 11.5 Å². The van der Waals surface area contributed by atoms with E-state index < -0.39 is 6.17 Å². The lowest BCUT2D eigenvalue weighted by Gasteiger charge is -2.04. The summed E-state index contributed by atoms with van der Waals surface area (Å²) < 4.78 is 0. The van der Waals surface area contributed by atoms with Crippen molar-refractivity contribution in [3.05, 3.63) is 0 Å². The molecule has 0 aliphatic rings. The minimum atomic E-state index is -0.506. The molecule has 0 radical (unpaired) electrons. The zero-order valence-corrected chi connectivity index (χ0v) is 14.4. The summed E-state index contributed by atoms with van der Waals surface area (Å²) in [7, 11) is 0. The number of carbonyl (C=O) groups excluding carboxylic acids is 4. The standard InChI is InChI=1S/C15H25BrN2O4/c16-10-14(22)3-1-2-11(19)4-5-12(20)6-7-13(21)8-9-15(17)18/h15H,1-10,17-18H2. The average Bonchev–Trinajstić information content (AvgIpc) is 2.48. The van der Waals surface area contributed by atoms with Gasteiger partial charge < -0.3 is 11.5 Å². The van der Waals surface area contributed by atoms with Gasteiger partial charge in [-0.3, -0.25) is 19.2 Å². The van der Waals surface area contributed by atoms with Crippen molar-refractivity contribution in [1.29, 1.82) is 0 Å². The molecular formula is C15H25BrN2O4. The topological polar surface area (TPSA) is 120 Å². The number of alkyl halides is 1. The van der Waals surface area contributed by atoms with Crippen LogP contribution in [0.2, 0.25) is 0 Å². The lowest BCUT2D eigenvalue weighted by atomic mass is 10.0. The molecule has 0 heterocycles. The number of nitrogens with two attached hydrogens (primary N) is 2. The van der Waals surface area contributed by atoms with Gasteiger partial charge in [-0.1, -0.05) is 15.9 Å². The van der Waals surface area contributed by atoms with Gasteiger partial charge in [-0.05, 0) is 12.8 Å². The molecular weight excluding hydrogens is 352 g/mol. The first-order chi connectivity index (χ1) is 10.3. The molecule has 0 amide bonds. The molecule has 22 heavy (non-hydrogen) atoms. The summed E-state index contributed by atoms with van der Waals surface area (Å²) in [5.41, 5.74) is 10.7. The summed E-state index contributed by atoms with van der Waals surface area (Å²) in [4.78, 5) is 45.7. The van der Waals surface area contributed by atoms with Gasteiger partial charge in [0.2, 0.25) is 0 Å². The van der Waals surface area contributed by atoms with Crippen LogP contribution in [0.1, 0.15) is 57.8 Å². The molecule has 0 aliphatic carbocycles. The third-order valence-corrected chi connectivity index (χ3v) is 3.81. The SMILES string of the molecule is NC(N)CCC(=O)CCC(=O)CCC(=O)CCCC(=O)CBr. The second-order valence-electron chi connectivity index (χ2n) is 5.34. The van der Waals surface area contributed by atoms with Gasteiger partial charge in [-0.15, -0.1) is 0 Å². The van der Waals surface area contributed by atoms with E-state index in [4.69, 9.17) is 11.5 Å². The van der Waals surface area contributed by atoms with Gasteiger partial charge in [0.05, 0.1) is 11.5 Å². The Bertz CT molecular complexity index is 397. The van der Waals surface area contributed by atoms with Crippen LogP contribution in [0, 0.1) is 0 Å². The Labute approximate surface area is 139 Å². The molecule has 0 rings (SSSR count). The van der Waals surface area contributed by atoms with Gasteiger partial charge in [0.25, 0.3) is 0 Å². The van der Waals surface area contributed by atoms with Gasteiger partial charge in [0.1, 0.15) is 23.1 Å². The van der Waals surface area contributed by atoms with Crippen LogP contribution in [0.25, 0.3) is 0 Å². The fourth-order valence-electron chi connectivity index (χ4n) is 1.81. The molecule has 0 atom stereocenters. The average molecular weight is 377 g/mol. The van der Waals surface area contributed by atoms with Gasteiger partial charge in [-0.25, -0.2) is 0 Å². The molecule has 0 spiro atoms. The van der Waals surface area contributed by atoms with Crippen molar-refractivity contribution in [2.45, 2.75) is 64.0 Å². The van der Waals surface area contributed by atoms with Crippen molar-refractivity contribution < 1.29 is 19.2 Å². The van der Waals surface area contributed by atoms with Crippen molar-refractivity contribution >= 4 is 39.1 Å². The highest BCUT2D eigenvalue weighted by molar-refractivity contribution is 9.09. The number of carbonyl (C=O) groups is 4. The first kappa shape index (κ1) is 21.1. The number of ketones is 4. The lowest BCUT2D eigenvalue weighted by molar-refractivity contribution is -0.126. The fraction of sp³-hybridized carbons (Fsp3) is 0.733. The molecule has 6 nitrogen and oxygen atoms in total. The number of hydrogen-bond donors (Lipinski definition) is 2. The Morgan fingerprint density at radius 3 is 1.55 bits per heavy atom. The molecule has 4 N–H and O–H groups in total. The quantitative estimate of drug-likeness (QED) is 0.349. The molecule has 0 aliphatic heterocycles. The predicted octanol–water partition coefficient (Wildman–Crippen LogP) is 1.41. The lowest BCUT2D eigenvalue weighted by Crippen LogP contribution is -2.30. The number of Topliss-reactive ketones (excluding diaryl/α,β-unsaturated/α-hetero) is 4. The maximum absolute atomic E-state index is 11.6. The predicted molar refractivity (Wildman–Crippen MR) is 87.5 cm³/mol. The maximum atomic E-state index is 11.6. The normalized spacial score (nSPS) is 10.7. The summed E-state index contributed by atoms with van der Waals surface area (Å²) >= 11 is 3.06. The number of halogens is 1. The molecule has 0 saturated carbocycles. The Morgan fingerprint density at radius 2 is 1.09 bits per heavy atom. The van der Waals surface area contributed by atoms with E-state index >= 15 is 0 Å². The maximum Gasteiger partial charge on any atom is 0.143 e. The van der Waals surface area contributed by atoms with Crippen LogP contribution in [-0.2, 0) is 19.2 Å². The second-order valence-corrected chi connectivity index (χ2v) is 5.91. The van der Waals surface area contributed by atoms with Crippen LogP contribution in [-0.4, -0.2) is 34.6 Å². The second kappa shape index (κ2) is 12.6. The van der Waals surface area contributed by atoms with Crippen molar-refractivity contribution in [2.75, 3.05) is 5.33 Å². The van der Waals surface area contributed by atoms with Crippen LogP contribution in [0.5, 0.6) is 0 Å². The molecule has 0 bridgehead atoms. The van der Waals surface area contributed by atoms with Gasteiger partial charge >= 0.3 is 0 Å². The smallest absolute Gasteiger partial charge is 0.143 e. The van der Waals surface area contributed by atoms with Crippen LogP contribution in [0.4, 0.5) is 0 Å². The Balaban J connectivity index is 3.69. The summed E-state index contributed by atoms with van der Waals surface area (Å²) in [6.07, 6.45) is 2.10. The highest BCUT2D eigenvalue weighted by Gasteiger charge is 2.11.